The van der Waals surface area contributed by atoms with Crippen molar-refractivity contribution in [2.45, 2.75) is 26.8 Å². The minimum absolute atomic E-state index is 0.0468. The maximum atomic E-state index is 11.8. The van der Waals surface area contributed by atoms with Crippen molar-refractivity contribution in [1.29, 1.82) is 0 Å². The Morgan fingerprint density at radius 3 is 2.07 bits per heavy atom. The summed E-state index contributed by atoms with van der Waals surface area (Å²) in [4.78, 5) is 15.7. The van der Waals surface area contributed by atoms with E-state index < -0.39 is 6.04 Å². The minimum Gasteiger partial charge on any atom is -0.340 e. The molecule has 15 heavy (non-hydrogen) atoms. The molecule has 0 aromatic rings. The quantitative estimate of drug-likeness (QED) is 0.697. The number of carbonyl (C=O) groups is 1. The highest BCUT2D eigenvalue weighted by molar-refractivity contribution is 5.81. The SMILES string of the molecule is CC(C)CN(CCN(C)C)C(=O)C(C)N. The van der Waals surface area contributed by atoms with E-state index in [0.717, 1.165) is 19.6 Å². The number of hydrogen-bond acceptors (Lipinski definition) is 3. The number of amides is 1. The van der Waals surface area contributed by atoms with E-state index in [9.17, 15) is 4.79 Å². The Morgan fingerprint density at radius 1 is 1.20 bits per heavy atom. The maximum absolute atomic E-state index is 11.8. The highest BCUT2D eigenvalue weighted by atomic mass is 16.2. The second kappa shape index (κ2) is 6.80. The lowest BCUT2D eigenvalue weighted by molar-refractivity contribution is -0.132. The molecule has 0 spiro atoms. The van der Waals surface area contributed by atoms with Crippen molar-refractivity contribution in [3.8, 4) is 0 Å². The molecule has 0 saturated heterocycles. The first-order valence-electron chi connectivity index (χ1n) is 5.53. The lowest BCUT2D eigenvalue weighted by atomic mass is 10.2. The van der Waals surface area contributed by atoms with Crippen LogP contribution in [0.3, 0.4) is 0 Å². The molecular weight excluding hydrogens is 190 g/mol. The van der Waals surface area contributed by atoms with Gasteiger partial charge in [0.2, 0.25) is 5.91 Å². The van der Waals surface area contributed by atoms with Gasteiger partial charge in [0.15, 0.2) is 0 Å². The third kappa shape index (κ3) is 6.47. The number of nitrogens with two attached hydrogens (primary N) is 1. The first kappa shape index (κ1) is 14.4. The van der Waals surface area contributed by atoms with E-state index in [1.165, 1.54) is 0 Å². The molecule has 0 fully saturated rings. The van der Waals surface area contributed by atoms with Crippen LogP contribution in [0.25, 0.3) is 0 Å². The monoisotopic (exact) mass is 215 g/mol. The van der Waals surface area contributed by atoms with Gasteiger partial charge in [-0.1, -0.05) is 13.8 Å². The van der Waals surface area contributed by atoms with Crippen molar-refractivity contribution in [1.82, 2.24) is 9.80 Å². The van der Waals surface area contributed by atoms with Crippen molar-refractivity contribution in [2.75, 3.05) is 33.7 Å². The molecule has 0 aliphatic carbocycles. The fourth-order valence-corrected chi connectivity index (χ4v) is 1.34. The minimum atomic E-state index is -0.397. The summed E-state index contributed by atoms with van der Waals surface area (Å²) in [6.45, 7) is 8.38. The normalized spacial score (nSPS) is 13.3. The van der Waals surface area contributed by atoms with Crippen LogP contribution in [0.1, 0.15) is 20.8 Å². The number of rotatable bonds is 6. The Hall–Kier alpha value is -0.610. The Morgan fingerprint density at radius 2 is 1.73 bits per heavy atom. The van der Waals surface area contributed by atoms with Crippen LogP contribution in [0.2, 0.25) is 0 Å². The van der Waals surface area contributed by atoms with Gasteiger partial charge < -0.3 is 15.5 Å². The zero-order valence-electron chi connectivity index (χ0n) is 10.7. The summed E-state index contributed by atoms with van der Waals surface area (Å²) in [7, 11) is 4.01. The fraction of sp³-hybridized carbons (Fsp3) is 0.909. The molecule has 4 heteroatoms. The average Bonchev–Trinajstić information content (AvgIpc) is 2.10. The zero-order valence-corrected chi connectivity index (χ0v) is 10.7. The van der Waals surface area contributed by atoms with Gasteiger partial charge in [0, 0.05) is 19.6 Å². The van der Waals surface area contributed by atoms with Crippen LogP contribution < -0.4 is 5.73 Å². The molecule has 0 aliphatic heterocycles. The predicted molar refractivity (Wildman–Crippen MR) is 63.6 cm³/mol. The van der Waals surface area contributed by atoms with Crippen molar-refractivity contribution in [3.05, 3.63) is 0 Å². The molecule has 0 saturated carbocycles. The number of likely N-dealkylation sites (N-methyl/N-ethyl adjacent to an activating group) is 1. The molecule has 2 N–H and O–H groups in total. The Bertz CT molecular complexity index is 190. The van der Waals surface area contributed by atoms with E-state index in [-0.39, 0.29) is 5.91 Å². The third-order valence-electron chi connectivity index (χ3n) is 2.10. The number of hydrogen-bond donors (Lipinski definition) is 1. The summed E-state index contributed by atoms with van der Waals surface area (Å²) in [6.07, 6.45) is 0. The van der Waals surface area contributed by atoms with E-state index in [0.29, 0.717) is 5.92 Å². The zero-order chi connectivity index (χ0) is 12.0. The van der Waals surface area contributed by atoms with Crippen molar-refractivity contribution in [2.24, 2.45) is 11.7 Å². The maximum Gasteiger partial charge on any atom is 0.239 e. The topological polar surface area (TPSA) is 49.6 Å². The lowest BCUT2D eigenvalue weighted by Gasteiger charge is -2.27. The molecule has 0 aliphatic rings. The first-order valence-corrected chi connectivity index (χ1v) is 5.53. The summed E-state index contributed by atoms with van der Waals surface area (Å²) in [5, 5.41) is 0. The largest absolute Gasteiger partial charge is 0.340 e. The van der Waals surface area contributed by atoms with Crippen molar-refractivity contribution < 1.29 is 4.79 Å². The summed E-state index contributed by atoms with van der Waals surface area (Å²) in [5.74, 6) is 0.528. The smallest absolute Gasteiger partial charge is 0.239 e. The second-order valence-corrected chi connectivity index (χ2v) is 4.77. The van der Waals surface area contributed by atoms with Crippen LogP contribution in [0.15, 0.2) is 0 Å². The van der Waals surface area contributed by atoms with Gasteiger partial charge in [0.1, 0.15) is 0 Å². The van der Waals surface area contributed by atoms with Gasteiger partial charge in [-0.05, 0) is 26.9 Å². The van der Waals surface area contributed by atoms with E-state index in [1.54, 1.807) is 6.92 Å². The molecule has 1 amide bonds. The van der Waals surface area contributed by atoms with Gasteiger partial charge in [-0.2, -0.15) is 0 Å². The lowest BCUT2D eigenvalue weighted by Crippen LogP contribution is -2.46. The van der Waals surface area contributed by atoms with Gasteiger partial charge in [0.05, 0.1) is 6.04 Å². The summed E-state index contributed by atoms with van der Waals surface area (Å²) >= 11 is 0. The molecule has 4 nitrogen and oxygen atoms in total. The number of carbonyl (C=O) groups excluding carboxylic acids is 1. The summed E-state index contributed by atoms with van der Waals surface area (Å²) < 4.78 is 0. The standard InChI is InChI=1S/C11H25N3O/c1-9(2)8-14(7-6-13(4)5)11(15)10(3)12/h9-10H,6-8,12H2,1-5H3. The summed E-state index contributed by atoms with van der Waals surface area (Å²) in [6, 6.07) is -0.397. The Kier molecular flexibility index (Phi) is 6.52. The molecule has 90 valence electrons. The highest BCUT2D eigenvalue weighted by Gasteiger charge is 2.17. The average molecular weight is 215 g/mol. The molecule has 0 aromatic heterocycles. The van der Waals surface area contributed by atoms with Crippen LogP contribution in [0, 0.1) is 5.92 Å². The van der Waals surface area contributed by atoms with Gasteiger partial charge in [-0.3, -0.25) is 4.79 Å². The summed E-state index contributed by atoms with van der Waals surface area (Å²) in [5.41, 5.74) is 5.61. The Labute approximate surface area is 93.4 Å². The third-order valence-corrected chi connectivity index (χ3v) is 2.10. The van der Waals surface area contributed by atoms with Gasteiger partial charge in [-0.15, -0.1) is 0 Å². The highest BCUT2D eigenvalue weighted by Crippen LogP contribution is 2.01. The molecule has 0 bridgehead atoms. The molecular formula is C11H25N3O. The molecule has 0 aromatic carbocycles. The Balaban J connectivity index is 4.24. The van der Waals surface area contributed by atoms with Gasteiger partial charge >= 0.3 is 0 Å². The van der Waals surface area contributed by atoms with E-state index >= 15 is 0 Å². The molecule has 0 heterocycles. The van der Waals surface area contributed by atoms with E-state index in [2.05, 4.69) is 18.7 Å². The first-order chi connectivity index (χ1) is 6.84. The molecule has 0 rings (SSSR count). The van der Waals surface area contributed by atoms with Crippen LogP contribution in [0.5, 0.6) is 0 Å². The fourth-order valence-electron chi connectivity index (χ4n) is 1.34. The second-order valence-electron chi connectivity index (χ2n) is 4.77. The van der Waals surface area contributed by atoms with E-state index in [4.69, 9.17) is 5.73 Å². The van der Waals surface area contributed by atoms with E-state index in [1.807, 2.05) is 19.0 Å². The molecule has 1 atom stereocenters. The molecule has 0 radical (unpaired) electrons. The predicted octanol–water partition coefficient (Wildman–Crippen LogP) is 0.380. The van der Waals surface area contributed by atoms with Crippen LogP contribution in [-0.2, 0) is 4.79 Å². The van der Waals surface area contributed by atoms with Crippen molar-refractivity contribution >= 4 is 5.91 Å². The van der Waals surface area contributed by atoms with Gasteiger partial charge in [0.25, 0.3) is 0 Å². The van der Waals surface area contributed by atoms with Crippen LogP contribution in [-0.4, -0.2) is 55.5 Å². The van der Waals surface area contributed by atoms with Gasteiger partial charge in [-0.25, -0.2) is 0 Å². The van der Waals surface area contributed by atoms with Crippen LogP contribution >= 0.6 is 0 Å². The van der Waals surface area contributed by atoms with Crippen LogP contribution in [0.4, 0.5) is 0 Å². The number of nitrogens with zero attached hydrogens (tertiary/aromatic N) is 2. The molecule has 1 unspecified atom stereocenters. The van der Waals surface area contributed by atoms with Crippen molar-refractivity contribution in [3.63, 3.8) is 0 Å².